The molecule has 2 N–H and O–H groups in total. The Morgan fingerprint density at radius 3 is 2.50 bits per heavy atom. The molecule has 0 atom stereocenters. The molecule has 0 aliphatic carbocycles. The van der Waals surface area contributed by atoms with Gasteiger partial charge in [0.1, 0.15) is 0 Å². The minimum atomic E-state index is 0.619. The first-order chi connectivity index (χ1) is 7.72. The van der Waals surface area contributed by atoms with Gasteiger partial charge in [0.15, 0.2) is 0 Å². The zero-order valence-electron chi connectivity index (χ0n) is 9.07. The van der Waals surface area contributed by atoms with Crippen molar-refractivity contribution >= 4 is 5.69 Å². The van der Waals surface area contributed by atoms with Gasteiger partial charge >= 0.3 is 0 Å². The summed E-state index contributed by atoms with van der Waals surface area (Å²) in [5.41, 5.74) is 10.1. The first kappa shape index (κ1) is 10.3. The molecule has 0 aromatic heterocycles. The molecule has 0 bridgehead atoms. The number of nitriles is 1. The second kappa shape index (κ2) is 4.08. The monoisotopic (exact) mass is 208 g/mol. The van der Waals surface area contributed by atoms with Crippen LogP contribution in [0.1, 0.15) is 11.1 Å². The zero-order valence-corrected chi connectivity index (χ0v) is 9.07. The van der Waals surface area contributed by atoms with Crippen LogP contribution >= 0.6 is 0 Å². The molecule has 78 valence electrons. The van der Waals surface area contributed by atoms with Crippen LogP contribution in [-0.4, -0.2) is 0 Å². The molecule has 0 heterocycles. The SMILES string of the molecule is Cc1ccccc1-c1ccc(N)cc1C#N. The Bertz CT molecular complexity index is 565. The average Bonchev–Trinajstić information content (AvgIpc) is 2.30. The summed E-state index contributed by atoms with van der Waals surface area (Å²) in [5, 5.41) is 9.09. The van der Waals surface area contributed by atoms with E-state index in [1.165, 1.54) is 0 Å². The summed E-state index contributed by atoms with van der Waals surface area (Å²) in [5.74, 6) is 0. The van der Waals surface area contributed by atoms with E-state index < -0.39 is 0 Å². The number of nitrogens with two attached hydrogens (primary N) is 1. The Balaban J connectivity index is 2.66. The molecule has 0 amide bonds. The largest absolute Gasteiger partial charge is 0.399 e. The third-order valence-electron chi connectivity index (χ3n) is 2.60. The molecule has 2 rings (SSSR count). The fourth-order valence-corrected chi connectivity index (χ4v) is 1.76. The lowest BCUT2D eigenvalue weighted by molar-refractivity contribution is 1.43. The quantitative estimate of drug-likeness (QED) is 0.732. The topological polar surface area (TPSA) is 49.8 Å². The summed E-state index contributed by atoms with van der Waals surface area (Å²) >= 11 is 0. The summed E-state index contributed by atoms with van der Waals surface area (Å²) in [7, 11) is 0. The van der Waals surface area contributed by atoms with Crippen molar-refractivity contribution in [2.45, 2.75) is 6.92 Å². The first-order valence-electron chi connectivity index (χ1n) is 5.08. The number of benzene rings is 2. The molecule has 0 saturated carbocycles. The minimum Gasteiger partial charge on any atom is -0.399 e. The number of aryl methyl sites for hydroxylation is 1. The van der Waals surface area contributed by atoms with Crippen molar-refractivity contribution in [3.05, 3.63) is 53.6 Å². The highest BCUT2D eigenvalue weighted by molar-refractivity contribution is 5.75. The van der Waals surface area contributed by atoms with Gasteiger partial charge in [0.25, 0.3) is 0 Å². The lowest BCUT2D eigenvalue weighted by Crippen LogP contribution is -1.91. The summed E-state index contributed by atoms with van der Waals surface area (Å²) < 4.78 is 0. The summed E-state index contributed by atoms with van der Waals surface area (Å²) in [6.45, 7) is 2.03. The fourth-order valence-electron chi connectivity index (χ4n) is 1.76. The molecular formula is C14H12N2. The maximum atomic E-state index is 9.09. The summed E-state index contributed by atoms with van der Waals surface area (Å²) in [6.07, 6.45) is 0. The van der Waals surface area contributed by atoms with Gasteiger partial charge in [0.2, 0.25) is 0 Å². The molecule has 0 aliphatic rings. The van der Waals surface area contributed by atoms with Crippen molar-refractivity contribution in [1.82, 2.24) is 0 Å². The van der Waals surface area contributed by atoms with Crippen LogP contribution in [0.2, 0.25) is 0 Å². The molecule has 0 spiro atoms. The van der Waals surface area contributed by atoms with Crippen LogP contribution in [0.4, 0.5) is 5.69 Å². The van der Waals surface area contributed by atoms with Gasteiger partial charge in [-0.1, -0.05) is 30.3 Å². The normalized spacial score (nSPS) is 9.75. The number of hydrogen-bond donors (Lipinski definition) is 1. The summed E-state index contributed by atoms with van der Waals surface area (Å²) in [4.78, 5) is 0. The second-order valence-electron chi connectivity index (χ2n) is 3.73. The predicted octanol–water partition coefficient (Wildman–Crippen LogP) is 3.12. The molecule has 0 fully saturated rings. The van der Waals surface area contributed by atoms with E-state index in [9.17, 15) is 0 Å². The average molecular weight is 208 g/mol. The van der Waals surface area contributed by atoms with E-state index in [1.807, 2.05) is 43.3 Å². The van der Waals surface area contributed by atoms with Crippen LogP contribution in [0.15, 0.2) is 42.5 Å². The fraction of sp³-hybridized carbons (Fsp3) is 0.0714. The summed E-state index contributed by atoms with van der Waals surface area (Å²) in [6, 6.07) is 15.6. The van der Waals surface area contributed by atoms with Crippen molar-refractivity contribution in [3.8, 4) is 17.2 Å². The van der Waals surface area contributed by atoms with Gasteiger partial charge in [-0.05, 0) is 35.7 Å². The molecular weight excluding hydrogens is 196 g/mol. The van der Waals surface area contributed by atoms with Gasteiger partial charge in [0.05, 0.1) is 11.6 Å². The Morgan fingerprint density at radius 1 is 1.06 bits per heavy atom. The number of rotatable bonds is 1. The van der Waals surface area contributed by atoms with Crippen molar-refractivity contribution in [3.63, 3.8) is 0 Å². The van der Waals surface area contributed by atoms with E-state index in [0.717, 1.165) is 16.7 Å². The molecule has 0 saturated heterocycles. The highest BCUT2D eigenvalue weighted by Gasteiger charge is 2.06. The Labute approximate surface area is 95.0 Å². The van der Waals surface area contributed by atoms with Gasteiger partial charge < -0.3 is 5.73 Å². The Morgan fingerprint density at radius 2 is 1.81 bits per heavy atom. The molecule has 0 unspecified atom stereocenters. The lowest BCUT2D eigenvalue weighted by Gasteiger charge is -2.08. The predicted molar refractivity (Wildman–Crippen MR) is 65.7 cm³/mol. The number of nitrogen functional groups attached to an aromatic ring is 1. The van der Waals surface area contributed by atoms with Crippen LogP contribution in [-0.2, 0) is 0 Å². The van der Waals surface area contributed by atoms with Crippen molar-refractivity contribution in [1.29, 1.82) is 5.26 Å². The smallest absolute Gasteiger partial charge is 0.0998 e. The van der Waals surface area contributed by atoms with Crippen LogP contribution in [0.5, 0.6) is 0 Å². The zero-order chi connectivity index (χ0) is 11.5. The molecule has 2 nitrogen and oxygen atoms in total. The van der Waals surface area contributed by atoms with Crippen LogP contribution in [0.3, 0.4) is 0 Å². The van der Waals surface area contributed by atoms with E-state index in [2.05, 4.69) is 6.07 Å². The maximum absolute atomic E-state index is 9.09. The van der Waals surface area contributed by atoms with E-state index in [1.54, 1.807) is 6.07 Å². The standard InChI is InChI=1S/C14H12N2/c1-10-4-2-3-5-13(10)14-7-6-12(16)8-11(14)9-15/h2-8H,16H2,1H3. The molecule has 2 aromatic rings. The van der Waals surface area contributed by atoms with Crippen molar-refractivity contribution in [2.24, 2.45) is 0 Å². The Kier molecular flexibility index (Phi) is 2.61. The molecule has 16 heavy (non-hydrogen) atoms. The first-order valence-corrected chi connectivity index (χ1v) is 5.08. The third-order valence-corrected chi connectivity index (χ3v) is 2.60. The van der Waals surface area contributed by atoms with E-state index in [-0.39, 0.29) is 0 Å². The number of anilines is 1. The van der Waals surface area contributed by atoms with Gasteiger partial charge in [-0.2, -0.15) is 5.26 Å². The second-order valence-corrected chi connectivity index (χ2v) is 3.73. The van der Waals surface area contributed by atoms with Gasteiger partial charge in [-0.25, -0.2) is 0 Å². The highest BCUT2D eigenvalue weighted by atomic mass is 14.5. The highest BCUT2D eigenvalue weighted by Crippen LogP contribution is 2.27. The lowest BCUT2D eigenvalue weighted by atomic mass is 9.96. The van der Waals surface area contributed by atoms with E-state index in [4.69, 9.17) is 11.0 Å². The number of nitrogens with zero attached hydrogens (tertiary/aromatic N) is 1. The van der Waals surface area contributed by atoms with E-state index >= 15 is 0 Å². The third kappa shape index (κ3) is 1.76. The maximum Gasteiger partial charge on any atom is 0.0998 e. The van der Waals surface area contributed by atoms with Crippen molar-refractivity contribution in [2.75, 3.05) is 5.73 Å². The minimum absolute atomic E-state index is 0.619. The Hall–Kier alpha value is -2.27. The van der Waals surface area contributed by atoms with E-state index in [0.29, 0.717) is 11.3 Å². The molecule has 0 radical (unpaired) electrons. The molecule has 2 aromatic carbocycles. The molecule has 2 heteroatoms. The van der Waals surface area contributed by atoms with Gasteiger partial charge in [-0.15, -0.1) is 0 Å². The van der Waals surface area contributed by atoms with Crippen molar-refractivity contribution < 1.29 is 0 Å². The number of hydrogen-bond acceptors (Lipinski definition) is 2. The van der Waals surface area contributed by atoms with Crippen LogP contribution < -0.4 is 5.73 Å². The molecule has 0 aliphatic heterocycles. The van der Waals surface area contributed by atoms with Crippen LogP contribution in [0, 0.1) is 18.3 Å². The van der Waals surface area contributed by atoms with Gasteiger partial charge in [-0.3, -0.25) is 0 Å². The van der Waals surface area contributed by atoms with Gasteiger partial charge in [0, 0.05) is 5.69 Å². The van der Waals surface area contributed by atoms with Crippen LogP contribution in [0.25, 0.3) is 11.1 Å².